The van der Waals surface area contributed by atoms with E-state index in [0.29, 0.717) is 6.54 Å². The highest BCUT2D eigenvalue weighted by molar-refractivity contribution is 5.82. The van der Waals surface area contributed by atoms with Crippen LogP contribution in [0, 0.1) is 5.92 Å². The highest BCUT2D eigenvalue weighted by Gasteiger charge is 2.30. The standard InChI is InChI=1S/C15H26N2O4/c18-14(19)13(11-6-2-1-3-7-11)17-15(20)16-10-12-8-4-5-9-21-12/h11-13H,1-10H2,(H,18,19)(H2,16,17,20). The van der Waals surface area contributed by atoms with Crippen molar-refractivity contribution in [3.05, 3.63) is 0 Å². The Balaban J connectivity index is 1.76. The first-order valence-corrected chi connectivity index (χ1v) is 8.05. The molecule has 21 heavy (non-hydrogen) atoms. The first kappa shape index (κ1) is 16.1. The van der Waals surface area contributed by atoms with Crippen molar-refractivity contribution < 1.29 is 19.4 Å². The third kappa shape index (κ3) is 5.19. The Morgan fingerprint density at radius 3 is 2.43 bits per heavy atom. The number of carbonyl (C=O) groups is 2. The Bertz CT molecular complexity index is 350. The van der Waals surface area contributed by atoms with Crippen LogP contribution < -0.4 is 10.6 Å². The number of hydrogen-bond donors (Lipinski definition) is 3. The van der Waals surface area contributed by atoms with Crippen molar-refractivity contribution in [1.29, 1.82) is 0 Å². The van der Waals surface area contributed by atoms with E-state index in [0.717, 1.165) is 58.0 Å². The van der Waals surface area contributed by atoms with Crippen LogP contribution in [0.4, 0.5) is 4.79 Å². The largest absolute Gasteiger partial charge is 0.480 e. The minimum atomic E-state index is -0.939. The molecule has 6 heteroatoms. The number of carboxylic acids is 1. The molecule has 1 saturated heterocycles. The van der Waals surface area contributed by atoms with Crippen molar-refractivity contribution in [3.8, 4) is 0 Å². The summed E-state index contributed by atoms with van der Waals surface area (Å²) in [5, 5.41) is 14.7. The number of rotatable bonds is 5. The van der Waals surface area contributed by atoms with Gasteiger partial charge < -0.3 is 20.5 Å². The second kappa shape index (κ2) is 8.22. The molecule has 3 N–H and O–H groups in total. The fraction of sp³-hybridized carbons (Fsp3) is 0.867. The molecule has 1 aliphatic heterocycles. The fourth-order valence-electron chi connectivity index (χ4n) is 3.22. The highest BCUT2D eigenvalue weighted by atomic mass is 16.5. The molecule has 0 aromatic heterocycles. The lowest BCUT2D eigenvalue weighted by Crippen LogP contribution is -2.51. The number of ether oxygens (including phenoxy) is 1. The number of carboxylic acid groups (broad SMARTS) is 1. The normalized spacial score (nSPS) is 25.0. The maximum absolute atomic E-state index is 11.9. The molecular weight excluding hydrogens is 272 g/mol. The number of urea groups is 1. The lowest BCUT2D eigenvalue weighted by atomic mass is 9.84. The number of nitrogens with one attached hydrogen (secondary N) is 2. The Hall–Kier alpha value is -1.30. The summed E-state index contributed by atoms with van der Waals surface area (Å²) in [4.78, 5) is 23.3. The van der Waals surface area contributed by atoms with Gasteiger partial charge in [-0.15, -0.1) is 0 Å². The van der Waals surface area contributed by atoms with Crippen molar-refractivity contribution in [2.45, 2.75) is 63.5 Å². The molecule has 120 valence electrons. The van der Waals surface area contributed by atoms with Gasteiger partial charge in [0.1, 0.15) is 6.04 Å². The Morgan fingerprint density at radius 2 is 1.81 bits per heavy atom. The van der Waals surface area contributed by atoms with Crippen LogP contribution in [0.3, 0.4) is 0 Å². The monoisotopic (exact) mass is 298 g/mol. The summed E-state index contributed by atoms with van der Waals surface area (Å²) in [5.74, 6) is -0.890. The first-order chi connectivity index (χ1) is 10.2. The van der Waals surface area contributed by atoms with Crippen molar-refractivity contribution >= 4 is 12.0 Å². The number of hydrogen-bond acceptors (Lipinski definition) is 3. The first-order valence-electron chi connectivity index (χ1n) is 8.05. The van der Waals surface area contributed by atoms with Gasteiger partial charge in [0.25, 0.3) is 0 Å². The van der Waals surface area contributed by atoms with Crippen LogP contribution in [0.15, 0.2) is 0 Å². The van der Waals surface area contributed by atoms with E-state index in [-0.39, 0.29) is 12.0 Å². The average molecular weight is 298 g/mol. The predicted octanol–water partition coefficient (Wildman–Crippen LogP) is 1.89. The van der Waals surface area contributed by atoms with E-state index in [1.165, 1.54) is 0 Å². The van der Waals surface area contributed by atoms with Gasteiger partial charge in [-0.3, -0.25) is 0 Å². The Kier molecular flexibility index (Phi) is 6.29. The zero-order valence-electron chi connectivity index (χ0n) is 12.5. The van der Waals surface area contributed by atoms with E-state index in [2.05, 4.69) is 10.6 Å². The minimum absolute atomic E-state index is 0.0490. The minimum Gasteiger partial charge on any atom is -0.480 e. The summed E-state index contributed by atoms with van der Waals surface area (Å²) in [6, 6.07) is -1.18. The molecule has 2 fully saturated rings. The van der Waals surface area contributed by atoms with Crippen LogP contribution in [0.1, 0.15) is 51.4 Å². The molecule has 2 rings (SSSR count). The van der Waals surface area contributed by atoms with Gasteiger partial charge in [0.2, 0.25) is 0 Å². The van der Waals surface area contributed by atoms with Crippen LogP contribution in [0.2, 0.25) is 0 Å². The average Bonchev–Trinajstić information content (AvgIpc) is 2.52. The van der Waals surface area contributed by atoms with E-state index in [1.807, 2.05) is 0 Å². The molecule has 1 heterocycles. The van der Waals surface area contributed by atoms with Gasteiger partial charge in [0.15, 0.2) is 0 Å². The van der Waals surface area contributed by atoms with Crippen molar-refractivity contribution in [1.82, 2.24) is 10.6 Å². The molecule has 2 aliphatic rings. The number of carbonyl (C=O) groups excluding carboxylic acids is 1. The van der Waals surface area contributed by atoms with Crippen molar-refractivity contribution in [2.75, 3.05) is 13.2 Å². The van der Waals surface area contributed by atoms with Crippen molar-refractivity contribution in [2.24, 2.45) is 5.92 Å². The molecule has 0 bridgehead atoms. The van der Waals surface area contributed by atoms with Gasteiger partial charge in [0.05, 0.1) is 6.10 Å². The van der Waals surface area contributed by atoms with E-state index in [9.17, 15) is 14.7 Å². The summed E-state index contributed by atoms with van der Waals surface area (Å²) in [5.41, 5.74) is 0. The van der Waals surface area contributed by atoms with Gasteiger partial charge >= 0.3 is 12.0 Å². The molecule has 6 nitrogen and oxygen atoms in total. The lowest BCUT2D eigenvalue weighted by molar-refractivity contribution is -0.141. The quantitative estimate of drug-likeness (QED) is 0.723. The van der Waals surface area contributed by atoms with Gasteiger partial charge in [-0.05, 0) is 38.0 Å². The maximum Gasteiger partial charge on any atom is 0.326 e. The van der Waals surface area contributed by atoms with E-state index >= 15 is 0 Å². The molecule has 0 aromatic carbocycles. The highest BCUT2D eigenvalue weighted by Crippen LogP contribution is 2.26. The zero-order valence-corrected chi connectivity index (χ0v) is 12.5. The Morgan fingerprint density at radius 1 is 1.10 bits per heavy atom. The van der Waals surface area contributed by atoms with E-state index < -0.39 is 18.0 Å². The third-order valence-electron chi connectivity index (χ3n) is 4.44. The van der Waals surface area contributed by atoms with E-state index in [4.69, 9.17) is 4.74 Å². The summed E-state index contributed by atoms with van der Waals surface area (Å²) >= 11 is 0. The van der Waals surface area contributed by atoms with Crippen LogP contribution >= 0.6 is 0 Å². The maximum atomic E-state index is 11.9. The topological polar surface area (TPSA) is 87.7 Å². The molecule has 1 aliphatic carbocycles. The zero-order chi connectivity index (χ0) is 15.1. The lowest BCUT2D eigenvalue weighted by Gasteiger charge is -2.28. The summed E-state index contributed by atoms with van der Waals surface area (Å²) < 4.78 is 5.54. The molecule has 2 amide bonds. The van der Waals surface area contributed by atoms with Crippen LogP contribution in [0.5, 0.6) is 0 Å². The molecular formula is C15H26N2O4. The Labute approximate surface area is 125 Å². The van der Waals surface area contributed by atoms with Crippen LogP contribution in [-0.2, 0) is 9.53 Å². The molecule has 2 atom stereocenters. The van der Waals surface area contributed by atoms with Crippen molar-refractivity contribution in [3.63, 3.8) is 0 Å². The molecule has 1 saturated carbocycles. The predicted molar refractivity (Wildman–Crippen MR) is 78.1 cm³/mol. The van der Waals surface area contributed by atoms with Gasteiger partial charge in [-0.1, -0.05) is 19.3 Å². The second-order valence-electron chi connectivity index (χ2n) is 6.06. The number of amides is 2. The van der Waals surface area contributed by atoms with Crippen LogP contribution in [-0.4, -0.2) is 42.4 Å². The van der Waals surface area contributed by atoms with E-state index in [1.54, 1.807) is 0 Å². The van der Waals surface area contributed by atoms with Crippen LogP contribution in [0.25, 0.3) is 0 Å². The summed E-state index contributed by atoms with van der Waals surface area (Å²) in [7, 11) is 0. The smallest absolute Gasteiger partial charge is 0.326 e. The third-order valence-corrected chi connectivity index (χ3v) is 4.44. The van der Waals surface area contributed by atoms with Gasteiger partial charge in [-0.25, -0.2) is 9.59 Å². The SMILES string of the molecule is O=C(NCC1CCCCO1)NC(C(=O)O)C1CCCCC1. The molecule has 0 aromatic rings. The summed E-state index contributed by atoms with van der Waals surface area (Å²) in [6.45, 7) is 1.19. The van der Waals surface area contributed by atoms with Gasteiger partial charge in [-0.2, -0.15) is 0 Å². The fourth-order valence-corrected chi connectivity index (χ4v) is 3.22. The second-order valence-corrected chi connectivity index (χ2v) is 6.06. The molecule has 0 radical (unpaired) electrons. The molecule has 2 unspecified atom stereocenters. The summed E-state index contributed by atoms with van der Waals surface area (Å²) in [6.07, 6.45) is 8.22. The van der Waals surface area contributed by atoms with Gasteiger partial charge in [0, 0.05) is 13.2 Å². The number of aliphatic carboxylic acids is 1. The molecule has 0 spiro atoms.